The van der Waals surface area contributed by atoms with Crippen LogP contribution in [0.1, 0.15) is 30.8 Å². The van der Waals surface area contributed by atoms with Gasteiger partial charge in [-0.15, -0.1) is 10.2 Å². The van der Waals surface area contributed by atoms with Crippen molar-refractivity contribution in [2.24, 2.45) is 0 Å². The number of ether oxygens (including phenoxy) is 2. The summed E-state index contributed by atoms with van der Waals surface area (Å²) in [5.41, 5.74) is 4.43. The van der Waals surface area contributed by atoms with Gasteiger partial charge < -0.3 is 20.0 Å². The van der Waals surface area contributed by atoms with E-state index in [1.807, 2.05) is 40.8 Å². The summed E-state index contributed by atoms with van der Waals surface area (Å²) in [6, 6.07) is 11.5. The van der Waals surface area contributed by atoms with E-state index < -0.39 is 0 Å². The molecule has 2 heterocycles. The van der Waals surface area contributed by atoms with Gasteiger partial charge in [-0.05, 0) is 37.6 Å². The fourth-order valence-electron chi connectivity index (χ4n) is 3.72. The van der Waals surface area contributed by atoms with E-state index in [9.17, 15) is 5.11 Å². The van der Waals surface area contributed by atoms with Crippen LogP contribution < -0.4 is 9.47 Å². The normalized spacial score (nSPS) is 12.1. The second kappa shape index (κ2) is 8.06. The first kappa shape index (κ1) is 20.3. The number of methoxy groups -OCH3 is 2. The molecule has 158 valence electrons. The molecule has 0 unspecified atom stereocenters. The van der Waals surface area contributed by atoms with Gasteiger partial charge in [0.2, 0.25) is 0 Å². The van der Waals surface area contributed by atoms with Gasteiger partial charge in [0.15, 0.2) is 5.65 Å². The minimum atomic E-state index is 0.0516. The molecule has 4 aromatic rings. The number of aliphatic hydroxyl groups excluding tert-OH is 1. The van der Waals surface area contributed by atoms with Gasteiger partial charge in [-0.2, -0.15) is 0 Å². The fourth-order valence-corrected chi connectivity index (χ4v) is 3.72. The van der Waals surface area contributed by atoms with Crippen molar-refractivity contribution in [3.63, 3.8) is 0 Å². The van der Waals surface area contributed by atoms with Crippen LogP contribution in [0.2, 0.25) is 0 Å². The summed E-state index contributed by atoms with van der Waals surface area (Å²) < 4.78 is 12.8. The molecule has 8 nitrogen and oxygen atoms in total. The molecule has 0 aliphatic rings. The van der Waals surface area contributed by atoms with Crippen molar-refractivity contribution >= 4 is 28.0 Å². The zero-order chi connectivity index (χ0) is 22.1. The van der Waals surface area contributed by atoms with Gasteiger partial charge in [-0.1, -0.05) is 12.1 Å². The average molecular weight is 417 g/mol. The molecule has 0 aliphatic carbocycles. The number of nitrogens with zero attached hydrogens (tertiary/aromatic N) is 4. The Morgan fingerprint density at radius 3 is 2.42 bits per heavy atom. The Balaban J connectivity index is 1.90. The topological polar surface area (TPSA) is 106 Å². The SMILES string of the molecule is COc1ccc(Cc2nnc3cnc4cc(/C(C(C)=N)=C(\C)O)c(OC)cc4n23)cc1. The van der Waals surface area contributed by atoms with Crippen LogP contribution in [0.15, 0.2) is 48.4 Å². The van der Waals surface area contributed by atoms with Gasteiger partial charge in [0.05, 0.1) is 37.2 Å². The van der Waals surface area contributed by atoms with E-state index in [0.29, 0.717) is 34.5 Å². The molecule has 2 aromatic heterocycles. The van der Waals surface area contributed by atoms with E-state index in [-0.39, 0.29) is 11.5 Å². The summed E-state index contributed by atoms with van der Waals surface area (Å²) in [5.74, 6) is 2.14. The van der Waals surface area contributed by atoms with E-state index in [1.165, 1.54) is 0 Å². The van der Waals surface area contributed by atoms with Crippen LogP contribution in [0.4, 0.5) is 0 Å². The summed E-state index contributed by atoms with van der Waals surface area (Å²) in [7, 11) is 3.20. The summed E-state index contributed by atoms with van der Waals surface area (Å²) in [6.45, 7) is 3.18. The highest BCUT2D eigenvalue weighted by atomic mass is 16.5. The minimum Gasteiger partial charge on any atom is -0.512 e. The molecular formula is C23H23N5O3. The highest BCUT2D eigenvalue weighted by Crippen LogP contribution is 2.33. The van der Waals surface area contributed by atoms with E-state index in [1.54, 1.807) is 34.3 Å². The Hall–Kier alpha value is -3.94. The van der Waals surface area contributed by atoms with Gasteiger partial charge in [-0.25, -0.2) is 0 Å². The van der Waals surface area contributed by atoms with Crippen LogP contribution in [0.25, 0.3) is 22.3 Å². The maximum atomic E-state index is 10.1. The molecule has 4 rings (SSSR count). The molecule has 0 bridgehead atoms. The maximum absolute atomic E-state index is 10.1. The Bertz CT molecular complexity index is 1320. The monoisotopic (exact) mass is 417 g/mol. The van der Waals surface area contributed by atoms with Gasteiger partial charge in [0, 0.05) is 29.3 Å². The molecule has 0 saturated heterocycles. The lowest BCUT2D eigenvalue weighted by atomic mass is 9.99. The number of aromatic nitrogens is 4. The van der Waals surface area contributed by atoms with Crippen molar-refractivity contribution in [2.75, 3.05) is 14.2 Å². The van der Waals surface area contributed by atoms with Crippen LogP contribution in [0.5, 0.6) is 11.5 Å². The highest BCUT2D eigenvalue weighted by molar-refractivity contribution is 6.22. The largest absolute Gasteiger partial charge is 0.512 e. The quantitative estimate of drug-likeness (QED) is 0.360. The molecule has 2 N–H and O–H groups in total. The first-order chi connectivity index (χ1) is 14.9. The number of allylic oxidation sites excluding steroid dienone is 2. The van der Waals surface area contributed by atoms with E-state index in [0.717, 1.165) is 22.7 Å². The molecule has 0 spiro atoms. The zero-order valence-corrected chi connectivity index (χ0v) is 17.8. The summed E-state index contributed by atoms with van der Waals surface area (Å²) >= 11 is 0. The molecule has 0 radical (unpaired) electrons. The molecular weight excluding hydrogens is 394 g/mol. The van der Waals surface area contributed by atoms with E-state index in [2.05, 4.69) is 15.2 Å². The molecule has 31 heavy (non-hydrogen) atoms. The molecule has 0 amide bonds. The van der Waals surface area contributed by atoms with Crippen molar-refractivity contribution < 1.29 is 14.6 Å². The van der Waals surface area contributed by atoms with Crippen molar-refractivity contribution in [3.05, 3.63) is 65.3 Å². The molecule has 0 fully saturated rings. The lowest BCUT2D eigenvalue weighted by Crippen LogP contribution is -2.04. The van der Waals surface area contributed by atoms with Crippen LogP contribution in [-0.2, 0) is 6.42 Å². The zero-order valence-electron chi connectivity index (χ0n) is 17.8. The third-order valence-corrected chi connectivity index (χ3v) is 5.14. The number of rotatable bonds is 6. The Morgan fingerprint density at radius 2 is 1.81 bits per heavy atom. The first-order valence-electron chi connectivity index (χ1n) is 9.72. The van der Waals surface area contributed by atoms with Gasteiger partial charge >= 0.3 is 0 Å². The Morgan fingerprint density at radius 1 is 1.06 bits per heavy atom. The number of benzene rings is 2. The summed E-state index contributed by atoms with van der Waals surface area (Å²) in [6.07, 6.45) is 2.24. The third-order valence-electron chi connectivity index (χ3n) is 5.14. The third kappa shape index (κ3) is 3.68. The maximum Gasteiger partial charge on any atom is 0.179 e. The number of aliphatic hydroxyl groups is 1. The van der Waals surface area contributed by atoms with Crippen LogP contribution in [0, 0.1) is 5.41 Å². The predicted octanol–water partition coefficient (Wildman–Crippen LogP) is 4.21. The van der Waals surface area contributed by atoms with E-state index >= 15 is 0 Å². The van der Waals surface area contributed by atoms with Crippen LogP contribution in [-0.4, -0.2) is 44.6 Å². The number of hydrogen-bond acceptors (Lipinski definition) is 7. The predicted molar refractivity (Wildman–Crippen MR) is 119 cm³/mol. The standard InChI is InChI=1S/C23H23N5O3/c1-13(24)23(14(2)29)17-10-18-19(11-20(17)31-4)28-21(26-27-22(28)12-25-18)9-15-5-7-16(30-3)8-6-15/h5-8,10-12,24,29H,9H2,1-4H3/b23-14+,24-13?. The molecule has 0 saturated carbocycles. The van der Waals surface area contributed by atoms with Crippen molar-refractivity contribution in [1.29, 1.82) is 5.41 Å². The molecule has 0 aliphatic heterocycles. The number of nitrogens with one attached hydrogen (secondary N) is 1. The highest BCUT2D eigenvalue weighted by Gasteiger charge is 2.18. The lowest BCUT2D eigenvalue weighted by molar-refractivity contribution is 0.409. The second-order valence-corrected chi connectivity index (χ2v) is 7.22. The van der Waals surface area contributed by atoms with Gasteiger partial charge in [0.1, 0.15) is 17.3 Å². The fraction of sp³-hybridized carbons (Fsp3) is 0.217. The first-order valence-corrected chi connectivity index (χ1v) is 9.72. The number of fused-ring (bicyclic) bond motifs is 3. The summed E-state index contributed by atoms with van der Waals surface area (Å²) in [5, 5.41) is 26.8. The van der Waals surface area contributed by atoms with Crippen molar-refractivity contribution in [1.82, 2.24) is 19.6 Å². The molecule has 0 atom stereocenters. The van der Waals surface area contributed by atoms with Crippen molar-refractivity contribution in [2.45, 2.75) is 20.3 Å². The van der Waals surface area contributed by atoms with Crippen LogP contribution in [0.3, 0.4) is 0 Å². The Labute approximate surface area is 179 Å². The molecule has 2 aromatic carbocycles. The average Bonchev–Trinajstić information content (AvgIpc) is 3.16. The smallest absolute Gasteiger partial charge is 0.179 e. The second-order valence-electron chi connectivity index (χ2n) is 7.22. The van der Waals surface area contributed by atoms with Crippen LogP contribution >= 0.6 is 0 Å². The van der Waals surface area contributed by atoms with E-state index in [4.69, 9.17) is 14.9 Å². The molecule has 8 heteroatoms. The van der Waals surface area contributed by atoms with Gasteiger partial charge in [0.25, 0.3) is 0 Å². The number of hydrogen-bond donors (Lipinski definition) is 2. The summed E-state index contributed by atoms with van der Waals surface area (Å²) in [4.78, 5) is 4.52. The Kier molecular flexibility index (Phi) is 5.29. The minimum absolute atomic E-state index is 0.0516. The van der Waals surface area contributed by atoms with Crippen molar-refractivity contribution in [3.8, 4) is 11.5 Å². The lowest BCUT2D eigenvalue weighted by Gasteiger charge is -2.14. The van der Waals surface area contributed by atoms with Gasteiger partial charge in [-0.3, -0.25) is 9.38 Å².